The molecule has 0 spiro atoms. The summed E-state index contributed by atoms with van der Waals surface area (Å²) in [6.45, 7) is 0.301. The molecule has 1 heterocycles. The van der Waals surface area contributed by atoms with Crippen LogP contribution in [0.4, 0.5) is 5.69 Å². The second-order valence-corrected chi connectivity index (χ2v) is 5.12. The van der Waals surface area contributed by atoms with Gasteiger partial charge in [0.1, 0.15) is 0 Å². The van der Waals surface area contributed by atoms with Crippen molar-refractivity contribution < 1.29 is 4.42 Å². The maximum absolute atomic E-state index is 11.8. The first kappa shape index (κ1) is 13.1. The van der Waals surface area contributed by atoms with Gasteiger partial charge in [-0.05, 0) is 36.4 Å². The Labute approximate surface area is 124 Å². The fraction of sp³-hybridized carbons (Fsp3) is 0.0714. The highest BCUT2D eigenvalue weighted by molar-refractivity contribution is 6.31. The van der Waals surface area contributed by atoms with Crippen LogP contribution in [0.5, 0.6) is 0 Å². The Kier molecular flexibility index (Phi) is 3.42. The normalized spacial score (nSPS) is 10.9. The summed E-state index contributed by atoms with van der Waals surface area (Å²) >= 11 is 11.7. The molecular weight excluding hydrogens is 299 g/mol. The highest BCUT2D eigenvalue weighted by Crippen LogP contribution is 2.19. The van der Waals surface area contributed by atoms with Crippen molar-refractivity contribution >= 4 is 40.0 Å². The molecule has 0 fully saturated rings. The van der Waals surface area contributed by atoms with E-state index in [2.05, 4.69) is 5.32 Å². The predicted octanol–water partition coefficient (Wildman–Crippen LogP) is 3.97. The van der Waals surface area contributed by atoms with Gasteiger partial charge in [0.15, 0.2) is 5.58 Å². The number of nitrogens with zero attached hydrogens (tertiary/aromatic N) is 1. The van der Waals surface area contributed by atoms with Crippen molar-refractivity contribution in [3.8, 4) is 0 Å². The number of hydrogen-bond donors (Lipinski definition) is 1. The van der Waals surface area contributed by atoms with Crippen molar-refractivity contribution in [3.63, 3.8) is 0 Å². The summed E-state index contributed by atoms with van der Waals surface area (Å²) in [4.78, 5) is 11.8. The lowest BCUT2D eigenvalue weighted by molar-refractivity contribution is 0.515. The SMILES string of the molecule is O=c1oc2cc(Cl)ccc2n1CNc1ccc(Cl)cc1. The molecule has 3 rings (SSSR count). The largest absolute Gasteiger partial charge is 0.421 e. The molecule has 0 saturated carbocycles. The molecule has 20 heavy (non-hydrogen) atoms. The van der Waals surface area contributed by atoms with Gasteiger partial charge in [0, 0.05) is 21.8 Å². The predicted molar refractivity (Wildman–Crippen MR) is 80.6 cm³/mol. The Balaban J connectivity index is 1.89. The van der Waals surface area contributed by atoms with Gasteiger partial charge in [0.05, 0.1) is 12.2 Å². The lowest BCUT2D eigenvalue weighted by atomic mass is 10.3. The van der Waals surface area contributed by atoms with E-state index >= 15 is 0 Å². The number of anilines is 1. The van der Waals surface area contributed by atoms with Crippen LogP contribution in [0.3, 0.4) is 0 Å². The topological polar surface area (TPSA) is 47.2 Å². The van der Waals surface area contributed by atoms with Crippen LogP contribution < -0.4 is 11.1 Å². The van der Waals surface area contributed by atoms with Crippen LogP contribution in [0.2, 0.25) is 10.0 Å². The van der Waals surface area contributed by atoms with Crippen molar-refractivity contribution in [2.75, 3.05) is 5.32 Å². The minimum absolute atomic E-state index is 0.301. The standard InChI is InChI=1S/C14H10Cl2N2O2/c15-9-1-4-11(5-2-9)17-8-18-12-6-3-10(16)7-13(12)20-14(18)19/h1-7,17H,8H2. The first-order chi connectivity index (χ1) is 9.63. The smallest absolute Gasteiger partial charge is 0.408 e. The maximum Gasteiger partial charge on any atom is 0.421 e. The first-order valence-electron chi connectivity index (χ1n) is 5.92. The van der Waals surface area contributed by atoms with Crippen LogP contribution in [0.25, 0.3) is 11.1 Å². The maximum atomic E-state index is 11.8. The zero-order valence-corrected chi connectivity index (χ0v) is 11.8. The third-order valence-corrected chi connectivity index (χ3v) is 3.40. The summed E-state index contributed by atoms with van der Waals surface area (Å²) < 4.78 is 6.65. The number of nitrogens with one attached hydrogen (secondary N) is 1. The zero-order chi connectivity index (χ0) is 14.1. The molecule has 0 aliphatic heterocycles. The van der Waals surface area contributed by atoms with Crippen LogP contribution in [-0.4, -0.2) is 4.57 Å². The van der Waals surface area contributed by atoms with Gasteiger partial charge >= 0.3 is 5.76 Å². The molecule has 0 unspecified atom stereocenters. The van der Waals surface area contributed by atoms with E-state index in [0.29, 0.717) is 27.8 Å². The highest BCUT2D eigenvalue weighted by atomic mass is 35.5. The average Bonchev–Trinajstić information content (AvgIpc) is 2.73. The van der Waals surface area contributed by atoms with Crippen LogP contribution in [0, 0.1) is 0 Å². The summed E-state index contributed by atoms with van der Waals surface area (Å²) in [5.41, 5.74) is 2.03. The molecule has 4 nitrogen and oxygen atoms in total. The number of aromatic nitrogens is 1. The monoisotopic (exact) mass is 308 g/mol. The van der Waals surface area contributed by atoms with Gasteiger partial charge in [-0.25, -0.2) is 4.79 Å². The Morgan fingerprint density at radius 2 is 1.75 bits per heavy atom. The zero-order valence-electron chi connectivity index (χ0n) is 10.3. The minimum Gasteiger partial charge on any atom is -0.408 e. The highest BCUT2D eigenvalue weighted by Gasteiger charge is 2.09. The van der Waals surface area contributed by atoms with Crippen molar-refractivity contribution in [1.29, 1.82) is 0 Å². The lowest BCUT2D eigenvalue weighted by Gasteiger charge is -2.06. The summed E-state index contributed by atoms with van der Waals surface area (Å²) in [5.74, 6) is -0.427. The Morgan fingerprint density at radius 3 is 2.50 bits per heavy atom. The number of hydrogen-bond acceptors (Lipinski definition) is 3. The van der Waals surface area contributed by atoms with E-state index in [4.69, 9.17) is 27.6 Å². The van der Waals surface area contributed by atoms with Crippen LogP contribution >= 0.6 is 23.2 Å². The summed E-state index contributed by atoms with van der Waals surface area (Å²) in [5, 5.41) is 4.33. The van der Waals surface area contributed by atoms with Gasteiger partial charge in [0.25, 0.3) is 0 Å². The molecule has 102 valence electrons. The molecule has 6 heteroatoms. The van der Waals surface area contributed by atoms with Gasteiger partial charge < -0.3 is 9.73 Å². The fourth-order valence-electron chi connectivity index (χ4n) is 1.93. The van der Waals surface area contributed by atoms with Crippen LogP contribution in [-0.2, 0) is 6.67 Å². The number of rotatable bonds is 3. The Morgan fingerprint density at radius 1 is 1.05 bits per heavy atom. The average molecular weight is 309 g/mol. The second kappa shape index (κ2) is 5.23. The van der Waals surface area contributed by atoms with Gasteiger partial charge in [-0.1, -0.05) is 23.2 Å². The quantitative estimate of drug-likeness (QED) is 0.796. The molecule has 2 aromatic carbocycles. The van der Waals surface area contributed by atoms with Crippen molar-refractivity contribution in [2.45, 2.75) is 6.67 Å². The molecular formula is C14H10Cl2N2O2. The number of fused-ring (bicyclic) bond motifs is 1. The molecule has 1 N–H and O–H groups in total. The first-order valence-corrected chi connectivity index (χ1v) is 6.67. The van der Waals surface area contributed by atoms with Crippen LogP contribution in [0.15, 0.2) is 51.7 Å². The van der Waals surface area contributed by atoms with E-state index in [0.717, 1.165) is 5.69 Å². The molecule has 0 radical (unpaired) electrons. The van der Waals surface area contributed by atoms with E-state index in [1.807, 2.05) is 12.1 Å². The van der Waals surface area contributed by atoms with E-state index < -0.39 is 5.76 Å². The van der Waals surface area contributed by atoms with E-state index in [1.165, 1.54) is 4.57 Å². The fourth-order valence-corrected chi connectivity index (χ4v) is 2.22. The van der Waals surface area contributed by atoms with Gasteiger partial charge in [-0.15, -0.1) is 0 Å². The lowest BCUT2D eigenvalue weighted by Crippen LogP contribution is -2.19. The van der Waals surface area contributed by atoms with Crippen molar-refractivity contribution in [1.82, 2.24) is 4.57 Å². The molecule has 0 amide bonds. The summed E-state index contributed by atoms with van der Waals surface area (Å²) in [6.07, 6.45) is 0. The minimum atomic E-state index is -0.427. The van der Waals surface area contributed by atoms with E-state index in [-0.39, 0.29) is 0 Å². The number of benzene rings is 2. The summed E-state index contributed by atoms with van der Waals surface area (Å²) in [6, 6.07) is 12.3. The third kappa shape index (κ3) is 2.53. The molecule has 3 aromatic rings. The molecule has 0 aliphatic rings. The van der Waals surface area contributed by atoms with Crippen LogP contribution in [0.1, 0.15) is 0 Å². The van der Waals surface area contributed by atoms with Gasteiger partial charge in [-0.2, -0.15) is 0 Å². The molecule has 0 saturated heterocycles. The number of halogens is 2. The van der Waals surface area contributed by atoms with E-state index in [1.54, 1.807) is 30.3 Å². The Bertz CT molecular complexity index is 806. The molecule has 0 atom stereocenters. The van der Waals surface area contributed by atoms with Gasteiger partial charge in [0.2, 0.25) is 0 Å². The summed E-state index contributed by atoms with van der Waals surface area (Å²) in [7, 11) is 0. The van der Waals surface area contributed by atoms with Crippen molar-refractivity contribution in [2.24, 2.45) is 0 Å². The van der Waals surface area contributed by atoms with E-state index in [9.17, 15) is 4.79 Å². The Hall–Kier alpha value is -1.91. The molecule has 0 bridgehead atoms. The molecule has 0 aliphatic carbocycles. The third-order valence-electron chi connectivity index (χ3n) is 2.92. The van der Waals surface area contributed by atoms with Crippen molar-refractivity contribution in [3.05, 3.63) is 63.1 Å². The number of oxazole rings is 1. The second-order valence-electron chi connectivity index (χ2n) is 4.25. The van der Waals surface area contributed by atoms with Gasteiger partial charge in [-0.3, -0.25) is 4.57 Å². The molecule has 1 aromatic heterocycles.